The topological polar surface area (TPSA) is 90.4 Å². The molecule has 5 N–H and O–H groups in total. The number of hydrogen-bond donors (Lipinski definition) is 3. The zero-order chi connectivity index (χ0) is 23.3. The molecule has 2 aromatic rings. The minimum absolute atomic E-state index is 0.0380. The number of nitrogens with one attached hydrogen (secondary N) is 1. The Labute approximate surface area is 176 Å². The van der Waals surface area contributed by atoms with Gasteiger partial charge >= 0.3 is 0 Å². The Morgan fingerprint density at radius 2 is 1.70 bits per heavy atom. The average molecular weight is 428 g/mol. The van der Waals surface area contributed by atoms with Gasteiger partial charge in [-0.3, -0.25) is 4.79 Å². The standard InChI is InChI=1S/C11H15F2N3O2.C9H11F.C2H6/c1-6-8(11(15)17)4-7(10(13)9(6)12)5-16-18-3-2-14;1-3-8-5-4-7(2)6-9(8)10;1-2/h4,16H,2-3,5,14H2,1H3,(H2,15,17);4-6H,3H2,1-2H3;1-2H3. The van der Waals surface area contributed by atoms with Gasteiger partial charge in [-0.15, -0.1) is 0 Å². The van der Waals surface area contributed by atoms with Crippen molar-refractivity contribution in [2.75, 3.05) is 13.2 Å². The maximum Gasteiger partial charge on any atom is 0.249 e. The Kier molecular flexibility index (Phi) is 13.4. The third-order valence-electron chi connectivity index (χ3n) is 3.97. The molecule has 2 rings (SSSR count). The third kappa shape index (κ3) is 8.52. The first kappa shape index (κ1) is 27.6. The second kappa shape index (κ2) is 14.5. The van der Waals surface area contributed by atoms with E-state index in [4.69, 9.17) is 16.3 Å². The summed E-state index contributed by atoms with van der Waals surface area (Å²) < 4.78 is 39.9. The number of primary amides is 1. The minimum Gasteiger partial charge on any atom is -0.366 e. The monoisotopic (exact) mass is 427 g/mol. The molecule has 0 saturated carbocycles. The Balaban J connectivity index is 0.000000590. The van der Waals surface area contributed by atoms with Crippen LogP contribution < -0.4 is 16.9 Å². The molecule has 0 atom stereocenters. The van der Waals surface area contributed by atoms with E-state index in [1.165, 1.54) is 13.0 Å². The number of halogens is 3. The molecule has 0 aliphatic carbocycles. The zero-order valence-electron chi connectivity index (χ0n) is 18.2. The highest BCUT2D eigenvalue weighted by atomic mass is 19.2. The number of hydrogen-bond acceptors (Lipinski definition) is 4. The van der Waals surface area contributed by atoms with E-state index in [2.05, 4.69) is 5.48 Å². The summed E-state index contributed by atoms with van der Waals surface area (Å²) in [6.07, 6.45) is 0.770. The molecule has 1 amide bonds. The maximum absolute atomic E-state index is 13.6. The van der Waals surface area contributed by atoms with Crippen molar-refractivity contribution in [2.45, 2.75) is 47.6 Å². The molecule has 0 aliphatic heterocycles. The van der Waals surface area contributed by atoms with Gasteiger partial charge in [0.25, 0.3) is 0 Å². The van der Waals surface area contributed by atoms with Gasteiger partial charge < -0.3 is 16.3 Å². The molecule has 0 spiro atoms. The van der Waals surface area contributed by atoms with Crippen LogP contribution in [0.1, 0.15) is 53.4 Å². The molecule has 0 radical (unpaired) electrons. The molecule has 0 aliphatic rings. The van der Waals surface area contributed by atoms with Crippen LogP contribution in [-0.4, -0.2) is 19.1 Å². The van der Waals surface area contributed by atoms with Gasteiger partial charge in [0.2, 0.25) is 5.91 Å². The van der Waals surface area contributed by atoms with Gasteiger partial charge in [0.05, 0.1) is 6.61 Å². The fraction of sp³-hybridized carbons (Fsp3) is 0.409. The summed E-state index contributed by atoms with van der Waals surface area (Å²) in [5.41, 5.74) is 14.3. The summed E-state index contributed by atoms with van der Waals surface area (Å²) in [4.78, 5) is 15.9. The number of benzene rings is 2. The van der Waals surface area contributed by atoms with Crippen LogP contribution in [0.2, 0.25) is 0 Å². The molecule has 8 heteroatoms. The second-order valence-electron chi connectivity index (χ2n) is 6.11. The first-order valence-corrected chi connectivity index (χ1v) is 9.79. The number of hydroxylamine groups is 1. The lowest BCUT2D eigenvalue weighted by molar-refractivity contribution is 0.0415. The lowest BCUT2D eigenvalue weighted by Crippen LogP contribution is -2.21. The van der Waals surface area contributed by atoms with E-state index < -0.39 is 17.5 Å². The molecule has 30 heavy (non-hydrogen) atoms. The van der Waals surface area contributed by atoms with Crippen molar-refractivity contribution in [2.24, 2.45) is 11.5 Å². The van der Waals surface area contributed by atoms with Crippen molar-refractivity contribution < 1.29 is 22.8 Å². The minimum atomic E-state index is -1.08. The van der Waals surface area contributed by atoms with Gasteiger partial charge in [-0.25, -0.2) is 13.2 Å². The normalized spacial score (nSPS) is 9.90. The number of carbonyl (C=O) groups is 1. The number of rotatable bonds is 7. The van der Waals surface area contributed by atoms with Crippen LogP contribution in [-0.2, 0) is 17.8 Å². The fourth-order valence-electron chi connectivity index (χ4n) is 2.35. The lowest BCUT2D eigenvalue weighted by atomic mass is 10.0. The van der Waals surface area contributed by atoms with Gasteiger partial charge in [-0.1, -0.05) is 32.9 Å². The van der Waals surface area contributed by atoms with E-state index >= 15 is 0 Å². The third-order valence-corrected chi connectivity index (χ3v) is 3.97. The van der Waals surface area contributed by atoms with Gasteiger partial charge in [-0.2, -0.15) is 5.48 Å². The van der Waals surface area contributed by atoms with Crippen molar-refractivity contribution in [1.29, 1.82) is 0 Å². The van der Waals surface area contributed by atoms with E-state index in [0.29, 0.717) is 6.54 Å². The molecular weight excluding hydrogens is 395 g/mol. The SMILES string of the molecule is CC.CCc1ccc(C)cc1F.Cc1c(C(N)=O)cc(CNOCCN)c(F)c1F. The van der Waals surface area contributed by atoms with Crippen LogP contribution in [0, 0.1) is 31.3 Å². The Bertz CT molecular complexity index is 815. The first-order chi connectivity index (χ1) is 14.2. The number of amides is 1. The van der Waals surface area contributed by atoms with Gasteiger partial charge in [0, 0.05) is 29.8 Å². The quantitative estimate of drug-likeness (QED) is 0.459. The maximum atomic E-state index is 13.6. The Morgan fingerprint density at radius 1 is 1.07 bits per heavy atom. The highest BCUT2D eigenvalue weighted by molar-refractivity contribution is 5.94. The first-order valence-electron chi connectivity index (χ1n) is 9.79. The summed E-state index contributed by atoms with van der Waals surface area (Å²) in [6.45, 7) is 9.57. The average Bonchev–Trinajstić information content (AvgIpc) is 2.72. The van der Waals surface area contributed by atoms with Crippen LogP contribution in [0.15, 0.2) is 24.3 Å². The number of carbonyl (C=O) groups excluding carboxylic acids is 1. The molecular formula is C22H32F3N3O2. The van der Waals surface area contributed by atoms with Gasteiger partial charge in [0.15, 0.2) is 11.6 Å². The molecule has 0 aromatic heterocycles. The van der Waals surface area contributed by atoms with Crippen LogP contribution in [0.5, 0.6) is 0 Å². The van der Waals surface area contributed by atoms with Crippen molar-refractivity contribution in [3.05, 3.63) is 69.5 Å². The summed E-state index contributed by atoms with van der Waals surface area (Å²) in [5.74, 6) is -3.00. The highest BCUT2D eigenvalue weighted by Gasteiger charge is 2.18. The molecule has 2 aromatic carbocycles. The van der Waals surface area contributed by atoms with Crippen LogP contribution in [0.3, 0.4) is 0 Å². The largest absolute Gasteiger partial charge is 0.366 e. The van der Waals surface area contributed by atoms with Gasteiger partial charge in [-0.05, 0) is 43.5 Å². The molecule has 0 unspecified atom stereocenters. The van der Waals surface area contributed by atoms with Crippen LogP contribution >= 0.6 is 0 Å². The van der Waals surface area contributed by atoms with E-state index in [0.717, 1.165) is 17.5 Å². The second-order valence-corrected chi connectivity index (χ2v) is 6.11. The molecule has 0 heterocycles. The summed E-state index contributed by atoms with van der Waals surface area (Å²) >= 11 is 0. The van der Waals surface area contributed by atoms with Crippen molar-refractivity contribution in [1.82, 2.24) is 5.48 Å². The summed E-state index contributed by atoms with van der Waals surface area (Å²) in [5, 5.41) is 0. The molecule has 0 fully saturated rings. The highest BCUT2D eigenvalue weighted by Crippen LogP contribution is 2.20. The summed E-state index contributed by atoms with van der Waals surface area (Å²) in [6, 6.07) is 6.54. The van der Waals surface area contributed by atoms with Crippen molar-refractivity contribution in [3.63, 3.8) is 0 Å². The van der Waals surface area contributed by atoms with E-state index in [1.54, 1.807) is 6.07 Å². The van der Waals surface area contributed by atoms with E-state index in [9.17, 15) is 18.0 Å². The predicted octanol–water partition coefficient (Wildman–Crippen LogP) is 4.07. The van der Waals surface area contributed by atoms with Crippen LogP contribution in [0.25, 0.3) is 0 Å². The molecule has 0 saturated heterocycles. The fourth-order valence-corrected chi connectivity index (χ4v) is 2.35. The Hall–Kier alpha value is -2.42. The Morgan fingerprint density at radius 3 is 2.20 bits per heavy atom. The molecule has 168 valence electrons. The number of nitrogens with two attached hydrogens (primary N) is 2. The van der Waals surface area contributed by atoms with Gasteiger partial charge in [0.1, 0.15) is 5.82 Å². The smallest absolute Gasteiger partial charge is 0.249 e. The summed E-state index contributed by atoms with van der Waals surface area (Å²) in [7, 11) is 0. The lowest BCUT2D eigenvalue weighted by Gasteiger charge is -2.10. The molecule has 0 bridgehead atoms. The predicted molar refractivity (Wildman–Crippen MR) is 113 cm³/mol. The number of aryl methyl sites for hydroxylation is 2. The van der Waals surface area contributed by atoms with Crippen molar-refractivity contribution >= 4 is 5.91 Å². The van der Waals surface area contributed by atoms with E-state index in [-0.39, 0.29) is 35.7 Å². The van der Waals surface area contributed by atoms with Crippen molar-refractivity contribution in [3.8, 4) is 0 Å². The molecule has 5 nitrogen and oxygen atoms in total. The van der Waals surface area contributed by atoms with Crippen LogP contribution in [0.4, 0.5) is 13.2 Å². The zero-order valence-corrected chi connectivity index (χ0v) is 18.2. The van der Waals surface area contributed by atoms with E-state index in [1.807, 2.05) is 39.8 Å².